The van der Waals surface area contributed by atoms with Gasteiger partial charge in [-0.3, -0.25) is 14.2 Å². The largest absolute Gasteiger partial charge is 0.383 e. The van der Waals surface area contributed by atoms with E-state index in [2.05, 4.69) is 6.92 Å². The quantitative estimate of drug-likeness (QED) is 0.376. The fraction of sp³-hybridized carbons (Fsp3) is 0.654. The third kappa shape index (κ3) is 7.93. The summed E-state index contributed by atoms with van der Waals surface area (Å²) in [6.07, 6.45) is 8.79. The average molecular weight is 459 g/mol. The van der Waals surface area contributed by atoms with Crippen LogP contribution in [0, 0.1) is 0 Å². The third-order valence-electron chi connectivity index (χ3n) is 6.17. The fourth-order valence-electron chi connectivity index (χ4n) is 4.20. The highest BCUT2D eigenvalue weighted by Crippen LogP contribution is 2.23. The molecule has 0 radical (unpaired) electrons. The number of aromatic nitrogens is 2. The fourth-order valence-corrected chi connectivity index (χ4v) is 4.20. The highest BCUT2D eigenvalue weighted by atomic mass is 16.5. The zero-order valence-electron chi connectivity index (χ0n) is 20.7. The summed E-state index contributed by atoms with van der Waals surface area (Å²) in [5.74, 6) is 0.762. The molecule has 0 saturated heterocycles. The highest BCUT2D eigenvalue weighted by molar-refractivity contribution is 5.78. The van der Waals surface area contributed by atoms with Gasteiger partial charge in [0.25, 0.3) is 5.56 Å². The smallest absolute Gasteiger partial charge is 0.261 e. The summed E-state index contributed by atoms with van der Waals surface area (Å²) in [6, 6.07) is 7.10. The molecule has 184 valence electrons. The van der Waals surface area contributed by atoms with Crippen LogP contribution in [-0.4, -0.2) is 47.2 Å². The van der Waals surface area contributed by atoms with E-state index in [-0.39, 0.29) is 17.5 Å². The zero-order chi connectivity index (χ0) is 24.1. The van der Waals surface area contributed by atoms with Crippen LogP contribution in [0.4, 0.5) is 0 Å². The van der Waals surface area contributed by atoms with Crippen LogP contribution in [0.5, 0.6) is 0 Å². The van der Waals surface area contributed by atoms with Gasteiger partial charge in [-0.05, 0) is 44.9 Å². The topological polar surface area (TPSA) is 90.5 Å². The first kappa shape index (κ1) is 27.0. The second-order valence-electron chi connectivity index (χ2n) is 8.71. The molecule has 1 aromatic heterocycles. The summed E-state index contributed by atoms with van der Waals surface area (Å²) < 4.78 is 6.94. The number of amides is 1. The molecule has 7 heteroatoms. The van der Waals surface area contributed by atoms with E-state index >= 15 is 0 Å². The van der Waals surface area contributed by atoms with Crippen LogP contribution in [0.3, 0.4) is 0 Å². The van der Waals surface area contributed by atoms with Crippen molar-refractivity contribution in [1.82, 2.24) is 14.5 Å². The first-order valence-corrected chi connectivity index (χ1v) is 12.5. The molecule has 2 rings (SSSR count). The van der Waals surface area contributed by atoms with Gasteiger partial charge in [-0.25, -0.2) is 4.98 Å². The van der Waals surface area contributed by atoms with Crippen LogP contribution in [0.2, 0.25) is 0 Å². The second kappa shape index (κ2) is 14.8. The lowest BCUT2D eigenvalue weighted by Gasteiger charge is -2.31. The summed E-state index contributed by atoms with van der Waals surface area (Å²) in [7, 11) is 1.62. The maximum atomic E-state index is 13.3. The zero-order valence-corrected chi connectivity index (χ0v) is 20.7. The van der Waals surface area contributed by atoms with Crippen molar-refractivity contribution in [2.75, 3.05) is 26.8 Å². The Hall–Kier alpha value is -2.25. The van der Waals surface area contributed by atoms with Crippen LogP contribution in [0.15, 0.2) is 29.1 Å². The van der Waals surface area contributed by atoms with Crippen LogP contribution < -0.4 is 11.3 Å². The Labute approximate surface area is 198 Å². The van der Waals surface area contributed by atoms with Crippen molar-refractivity contribution in [1.29, 1.82) is 0 Å². The van der Waals surface area contributed by atoms with E-state index in [4.69, 9.17) is 15.5 Å². The van der Waals surface area contributed by atoms with Crippen molar-refractivity contribution in [3.05, 3.63) is 40.4 Å². The molecule has 1 heterocycles. The van der Waals surface area contributed by atoms with Crippen LogP contribution in [-0.2, 0) is 16.1 Å². The Balaban J connectivity index is 2.34. The SMILES string of the molecule is CCCCCCC(=O)N(CCCCCCN)C(C)c1nc2ccccc2c(=O)n1CCOC. The first-order chi connectivity index (χ1) is 16.0. The summed E-state index contributed by atoms with van der Waals surface area (Å²) in [5, 5.41) is 0.587. The van der Waals surface area contributed by atoms with Crippen molar-refractivity contribution >= 4 is 16.8 Å². The first-order valence-electron chi connectivity index (χ1n) is 12.5. The molecule has 1 amide bonds. The molecule has 0 spiro atoms. The number of para-hydroxylation sites is 1. The molecule has 0 bridgehead atoms. The normalized spacial score (nSPS) is 12.2. The number of carbonyl (C=O) groups is 1. The molecule has 1 atom stereocenters. The van der Waals surface area contributed by atoms with E-state index in [1.165, 1.54) is 0 Å². The number of ether oxygens (including phenoxy) is 1. The minimum Gasteiger partial charge on any atom is -0.383 e. The second-order valence-corrected chi connectivity index (χ2v) is 8.71. The van der Waals surface area contributed by atoms with Crippen LogP contribution in [0.1, 0.15) is 83.5 Å². The Morgan fingerprint density at radius 3 is 2.58 bits per heavy atom. The van der Waals surface area contributed by atoms with Gasteiger partial charge in [-0.2, -0.15) is 0 Å². The lowest BCUT2D eigenvalue weighted by atomic mass is 10.1. The summed E-state index contributed by atoms with van der Waals surface area (Å²) in [4.78, 5) is 33.3. The third-order valence-corrected chi connectivity index (χ3v) is 6.17. The van der Waals surface area contributed by atoms with Crippen molar-refractivity contribution in [3.8, 4) is 0 Å². The Bertz CT molecular complexity index is 912. The van der Waals surface area contributed by atoms with Crippen molar-refractivity contribution < 1.29 is 9.53 Å². The number of unbranched alkanes of at least 4 members (excludes halogenated alkanes) is 6. The molecule has 2 aromatic rings. The average Bonchev–Trinajstić information content (AvgIpc) is 2.83. The molecule has 0 aliphatic carbocycles. The van der Waals surface area contributed by atoms with E-state index in [1.807, 2.05) is 30.0 Å². The molecule has 33 heavy (non-hydrogen) atoms. The molecule has 0 aliphatic rings. The van der Waals surface area contributed by atoms with Gasteiger partial charge in [-0.1, -0.05) is 51.2 Å². The lowest BCUT2D eigenvalue weighted by Crippen LogP contribution is -2.38. The van der Waals surface area contributed by atoms with Gasteiger partial charge >= 0.3 is 0 Å². The van der Waals surface area contributed by atoms with Gasteiger partial charge in [-0.15, -0.1) is 0 Å². The number of hydrogen-bond donors (Lipinski definition) is 1. The van der Waals surface area contributed by atoms with E-state index in [9.17, 15) is 9.59 Å². The molecular weight excluding hydrogens is 416 g/mol. The standard InChI is InChI=1S/C26H42N4O3/c1-4-5-6-9-16-24(31)29(18-13-8-7-12-17-27)21(2)25-28-23-15-11-10-14-22(23)26(32)30(25)19-20-33-3/h10-11,14-15,21H,4-9,12-13,16-20,27H2,1-3H3. The van der Waals surface area contributed by atoms with Gasteiger partial charge in [0, 0.05) is 20.1 Å². The number of fused-ring (bicyclic) bond motifs is 1. The van der Waals surface area contributed by atoms with Gasteiger partial charge in [0.2, 0.25) is 5.91 Å². The van der Waals surface area contributed by atoms with Gasteiger partial charge in [0.05, 0.1) is 30.1 Å². The Morgan fingerprint density at radius 2 is 1.85 bits per heavy atom. The number of rotatable bonds is 16. The van der Waals surface area contributed by atoms with Crippen LogP contribution >= 0.6 is 0 Å². The number of hydrogen-bond acceptors (Lipinski definition) is 5. The Kier molecular flexibility index (Phi) is 12.1. The Morgan fingerprint density at radius 1 is 1.12 bits per heavy atom. The number of nitrogens with zero attached hydrogens (tertiary/aromatic N) is 3. The van der Waals surface area contributed by atoms with Crippen LogP contribution in [0.25, 0.3) is 10.9 Å². The molecule has 7 nitrogen and oxygen atoms in total. The van der Waals surface area contributed by atoms with Gasteiger partial charge in [0.15, 0.2) is 0 Å². The van der Waals surface area contributed by atoms with Crippen molar-refractivity contribution in [3.63, 3.8) is 0 Å². The maximum Gasteiger partial charge on any atom is 0.261 e. The molecule has 1 aromatic carbocycles. The molecule has 0 fully saturated rings. The van der Waals surface area contributed by atoms with Crippen molar-refractivity contribution in [2.45, 2.75) is 84.2 Å². The number of carbonyl (C=O) groups excluding carboxylic acids is 1. The van der Waals surface area contributed by atoms with Crippen molar-refractivity contribution in [2.24, 2.45) is 5.73 Å². The predicted molar refractivity (Wildman–Crippen MR) is 134 cm³/mol. The monoisotopic (exact) mass is 458 g/mol. The predicted octanol–water partition coefficient (Wildman–Crippen LogP) is 4.42. The summed E-state index contributed by atoms with van der Waals surface area (Å²) in [5.41, 5.74) is 6.20. The molecular formula is C26H42N4O3. The van der Waals surface area contributed by atoms with E-state index < -0.39 is 0 Å². The lowest BCUT2D eigenvalue weighted by molar-refractivity contribution is -0.133. The van der Waals surface area contributed by atoms with Gasteiger partial charge < -0.3 is 15.4 Å². The minimum absolute atomic E-state index is 0.0854. The molecule has 1 unspecified atom stereocenters. The maximum absolute atomic E-state index is 13.3. The summed E-state index contributed by atoms with van der Waals surface area (Å²) >= 11 is 0. The van der Waals surface area contributed by atoms with E-state index in [1.54, 1.807) is 17.7 Å². The summed E-state index contributed by atoms with van der Waals surface area (Å²) in [6.45, 7) is 6.33. The van der Waals surface area contributed by atoms with E-state index in [0.29, 0.717) is 49.4 Å². The molecule has 0 saturated carbocycles. The van der Waals surface area contributed by atoms with E-state index in [0.717, 1.165) is 51.4 Å². The molecule has 0 aliphatic heterocycles. The minimum atomic E-state index is -0.299. The number of benzene rings is 1. The number of nitrogens with two attached hydrogens (primary N) is 1. The highest BCUT2D eigenvalue weighted by Gasteiger charge is 2.25. The molecule has 2 N–H and O–H groups in total. The van der Waals surface area contributed by atoms with Gasteiger partial charge in [0.1, 0.15) is 5.82 Å². The number of methoxy groups -OCH3 is 1.